The van der Waals surface area contributed by atoms with E-state index in [1.165, 1.54) is 29.2 Å². The largest absolute Gasteiger partial charge is 0.271 e. The molecule has 1 heterocycles. The number of nitrogens with zero attached hydrogens (tertiary/aromatic N) is 1. The molecule has 1 aliphatic carbocycles. The van der Waals surface area contributed by atoms with Gasteiger partial charge in [-0.25, -0.2) is 0 Å². The first-order valence-electron chi connectivity index (χ1n) is 6.60. The Labute approximate surface area is 107 Å². The molecule has 1 aromatic carbocycles. The van der Waals surface area contributed by atoms with E-state index in [2.05, 4.69) is 35.5 Å². The molecule has 0 saturated heterocycles. The predicted octanol–water partition coefficient (Wildman–Crippen LogP) is 2.79. The maximum atomic E-state index is 5.79. The lowest BCUT2D eigenvalue weighted by molar-refractivity contribution is 0.356. The van der Waals surface area contributed by atoms with E-state index in [-0.39, 0.29) is 6.04 Å². The third kappa shape index (κ3) is 2.00. The smallest absolute Gasteiger partial charge is 0.0494 e. The van der Waals surface area contributed by atoms with Crippen molar-refractivity contribution in [2.24, 2.45) is 17.7 Å². The van der Waals surface area contributed by atoms with Crippen molar-refractivity contribution in [2.45, 2.75) is 25.8 Å². The average molecular weight is 241 g/mol. The Morgan fingerprint density at radius 3 is 2.89 bits per heavy atom. The van der Waals surface area contributed by atoms with Gasteiger partial charge < -0.3 is 0 Å². The molecule has 0 spiro atoms. The van der Waals surface area contributed by atoms with Gasteiger partial charge in [0, 0.05) is 23.8 Å². The number of nitrogens with one attached hydrogen (secondary N) is 1. The van der Waals surface area contributed by atoms with Crippen molar-refractivity contribution in [3.8, 4) is 0 Å². The van der Waals surface area contributed by atoms with E-state index in [4.69, 9.17) is 5.84 Å². The zero-order valence-corrected chi connectivity index (χ0v) is 10.6. The number of fused-ring (bicyclic) bond motifs is 1. The maximum absolute atomic E-state index is 5.79. The first-order valence-corrected chi connectivity index (χ1v) is 6.60. The van der Waals surface area contributed by atoms with Crippen LogP contribution in [0.1, 0.15) is 31.4 Å². The molecule has 1 fully saturated rings. The van der Waals surface area contributed by atoms with Gasteiger partial charge in [-0.15, -0.1) is 0 Å². The molecular weight excluding hydrogens is 222 g/mol. The Balaban J connectivity index is 2.05. The average Bonchev–Trinajstić information content (AvgIpc) is 3.24. The number of pyridine rings is 1. The fourth-order valence-electron chi connectivity index (χ4n) is 2.83. The second-order valence-electron chi connectivity index (χ2n) is 5.28. The van der Waals surface area contributed by atoms with Crippen LogP contribution >= 0.6 is 0 Å². The normalized spacial score (nSPS) is 18.8. The Morgan fingerprint density at radius 2 is 2.17 bits per heavy atom. The summed E-state index contributed by atoms with van der Waals surface area (Å²) in [5.41, 5.74) is 4.27. The topological polar surface area (TPSA) is 50.9 Å². The first-order chi connectivity index (χ1) is 8.81. The molecule has 94 valence electrons. The fraction of sp³-hybridized carbons (Fsp3) is 0.400. The van der Waals surface area contributed by atoms with Crippen molar-refractivity contribution in [3.63, 3.8) is 0 Å². The Morgan fingerprint density at radius 1 is 1.33 bits per heavy atom. The Kier molecular flexibility index (Phi) is 3.02. The SMILES string of the molecule is CC(C1CC1)C(NN)c1cccc2ccncc12. The monoisotopic (exact) mass is 241 g/mol. The van der Waals surface area contributed by atoms with Crippen LogP contribution in [0.25, 0.3) is 10.8 Å². The van der Waals surface area contributed by atoms with Crippen LogP contribution in [-0.4, -0.2) is 4.98 Å². The highest BCUT2D eigenvalue weighted by atomic mass is 15.2. The molecule has 2 atom stereocenters. The van der Waals surface area contributed by atoms with Gasteiger partial charge in [0.1, 0.15) is 0 Å². The molecule has 0 amide bonds. The molecular formula is C15H19N3. The number of hydrazine groups is 1. The number of aromatic nitrogens is 1. The summed E-state index contributed by atoms with van der Waals surface area (Å²) in [4.78, 5) is 4.24. The lowest BCUT2D eigenvalue weighted by atomic mass is 9.89. The van der Waals surface area contributed by atoms with Crippen LogP contribution in [0.15, 0.2) is 36.7 Å². The van der Waals surface area contributed by atoms with Crippen LogP contribution in [0.3, 0.4) is 0 Å². The van der Waals surface area contributed by atoms with E-state index in [1.807, 2.05) is 18.5 Å². The van der Waals surface area contributed by atoms with Gasteiger partial charge in [-0.2, -0.15) is 0 Å². The summed E-state index contributed by atoms with van der Waals surface area (Å²) in [5, 5.41) is 2.43. The van der Waals surface area contributed by atoms with E-state index in [0.717, 1.165) is 5.92 Å². The number of benzene rings is 1. The van der Waals surface area contributed by atoms with Crippen LogP contribution in [-0.2, 0) is 0 Å². The summed E-state index contributed by atoms with van der Waals surface area (Å²) < 4.78 is 0. The minimum Gasteiger partial charge on any atom is -0.271 e. The Bertz CT molecular complexity index is 543. The van der Waals surface area contributed by atoms with Crippen molar-refractivity contribution in [2.75, 3.05) is 0 Å². The third-order valence-corrected chi connectivity index (χ3v) is 4.12. The zero-order valence-electron chi connectivity index (χ0n) is 10.6. The van der Waals surface area contributed by atoms with Crippen molar-refractivity contribution in [3.05, 3.63) is 42.2 Å². The van der Waals surface area contributed by atoms with Gasteiger partial charge in [0.15, 0.2) is 0 Å². The minimum absolute atomic E-state index is 0.213. The van der Waals surface area contributed by atoms with Gasteiger partial charge in [0.25, 0.3) is 0 Å². The zero-order chi connectivity index (χ0) is 12.5. The number of hydrogen-bond acceptors (Lipinski definition) is 3. The predicted molar refractivity (Wildman–Crippen MR) is 73.7 cm³/mol. The summed E-state index contributed by atoms with van der Waals surface area (Å²) in [5.74, 6) is 7.18. The number of rotatable bonds is 4. The van der Waals surface area contributed by atoms with Crippen molar-refractivity contribution >= 4 is 10.8 Å². The summed E-state index contributed by atoms with van der Waals surface area (Å²) in [7, 11) is 0. The number of nitrogens with two attached hydrogens (primary N) is 1. The number of hydrogen-bond donors (Lipinski definition) is 2. The van der Waals surface area contributed by atoms with Crippen LogP contribution in [0, 0.1) is 11.8 Å². The molecule has 3 nitrogen and oxygen atoms in total. The molecule has 18 heavy (non-hydrogen) atoms. The molecule has 3 N–H and O–H groups in total. The summed E-state index contributed by atoms with van der Waals surface area (Å²) in [6, 6.07) is 8.64. The lowest BCUT2D eigenvalue weighted by Crippen LogP contribution is -2.33. The highest BCUT2D eigenvalue weighted by Gasteiger charge is 2.34. The lowest BCUT2D eigenvalue weighted by Gasteiger charge is -2.24. The van der Waals surface area contributed by atoms with Crippen molar-refractivity contribution < 1.29 is 0 Å². The van der Waals surface area contributed by atoms with Gasteiger partial charge in [-0.3, -0.25) is 16.3 Å². The first kappa shape index (κ1) is 11.6. The minimum atomic E-state index is 0.213. The van der Waals surface area contributed by atoms with Crippen LogP contribution in [0.2, 0.25) is 0 Å². The maximum Gasteiger partial charge on any atom is 0.0494 e. The highest BCUT2D eigenvalue weighted by molar-refractivity contribution is 5.85. The summed E-state index contributed by atoms with van der Waals surface area (Å²) in [6.07, 6.45) is 6.45. The third-order valence-electron chi connectivity index (χ3n) is 4.12. The van der Waals surface area contributed by atoms with Gasteiger partial charge >= 0.3 is 0 Å². The molecule has 0 bridgehead atoms. The van der Waals surface area contributed by atoms with Crippen molar-refractivity contribution in [1.82, 2.24) is 10.4 Å². The van der Waals surface area contributed by atoms with Gasteiger partial charge in [0.2, 0.25) is 0 Å². The van der Waals surface area contributed by atoms with E-state index >= 15 is 0 Å². The molecule has 2 unspecified atom stereocenters. The molecule has 2 aromatic rings. The van der Waals surface area contributed by atoms with Gasteiger partial charge in [-0.05, 0) is 41.7 Å². The van der Waals surface area contributed by atoms with Crippen molar-refractivity contribution in [1.29, 1.82) is 0 Å². The van der Waals surface area contributed by atoms with Gasteiger partial charge in [0.05, 0.1) is 0 Å². The standard InChI is InChI=1S/C15H19N3/c1-10(11-5-6-11)15(18-16)13-4-2-3-12-7-8-17-9-14(12)13/h2-4,7-11,15,18H,5-6,16H2,1H3. The van der Waals surface area contributed by atoms with Crippen LogP contribution < -0.4 is 11.3 Å². The van der Waals surface area contributed by atoms with Gasteiger partial charge in [-0.1, -0.05) is 25.1 Å². The molecule has 1 saturated carbocycles. The fourth-order valence-corrected chi connectivity index (χ4v) is 2.83. The van der Waals surface area contributed by atoms with Crippen LogP contribution in [0.4, 0.5) is 0 Å². The summed E-state index contributed by atoms with van der Waals surface area (Å²) in [6.45, 7) is 2.29. The van der Waals surface area contributed by atoms with E-state index in [1.54, 1.807) is 0 Å². The molecule has 3 rings (SSSR count). The Hall–Kier alpha value is -1.45. The summed E-state index contributed by atoms with van der Waals surface area (Å²) >= 11 is 0. The van der Waals surface area contributed by atoms with E-state index < -0.39 is 0 Å². The second-order valence-corrected chi connectivity index (χ2v) is 5.28. The van der Waals surface area contributed by atoms with E-state index in [9.17, 15) is 0 Å². The highest BCUT2D eigenvalue weighted by Crippen LogP contribution is 2.43. The van der Waals surface area contributed by atoms with Crippen LogP contribution in [0.5, 0.6) is 0 Å². The van der Waals surface area contributed by atoms with E-state index in [0.29, 0.717) is 5.92 Å². The molecule has 1 aliphatic rings. The molecule has 1 aromatic heterocycles. The second kappa shape index (κ2) is 4.67. The molecule has 3 heteroatoms. The molecule has 0 aliphatic heterocycles. The molecule has 0 radical (unpaired) electrons. The quantitative estimate of drug-likeness (QED) is 0.639.